The molecular formula is C16H23BrN2. The summed E-state index contributed by atoms with van der Waals surface area (Å²) in [5, 5.41) is 9.11. The van der Waals surface area contributed by atoms with Gasteiger partial charge < -0.3 is 4.90 Å². The van der Waals surface area contributed by atoms with E-state index >= 15 is 0 Å². The van der Waals surface area contributed by atoms with Crippen LogP contribution in [-0.4, -0.2) is 12.6 Å². The molecule has 1 aromatic carbocycles. The summed E-state index contributed by atoms with van der Waals surface area (Å²) in [7, 11) is 0. The predicted octanol–water partition coefficient (Wildman–Crippen LogP) is 4.97. The van der Waals surface area contributed by atoms with Crippen molar-refractivity contribution in [1.29, 1.82) is 5.26 Å². The molecule has 0 aliphatic rings. The summed E-state index contributed by atoms with van der Waals surface area (Å²) in [4.78, 5) is 2.44. The van der Waals surface area contributed by atoms with Crippen LogP contribution in [0.3, 0.4) is 0 Å². The number of halogens is 1. The molecule has 19 heavy (non-hydrogen) atoms. The van der Waals surface area contributed by atoms with Crippen molar-refractivity contribution in [1.82, 2.24) is 0 Å². The Morgan fingerprint density at radius 3 is 2.32 bits per heavy atom. The fourth-order valence-corrected chi connectivity index (χ4v) is 2.87. The molecule has 0 unspecified atom stereocenters. The predicted molar refractivity (Wildman–Crippen MR) is 85.4 cm³/mol. The monoisotopic (exact) mass is 322 g/mol. The van der Waals surface area contributed by atoms with Gasteiger partial charge in [0.15, 0.2) is 0 Å². The van der Waals surface area contributed by atoms with Crippen molar-refractivity contribution in [2.45, 2.75) is 46.6 Å². The molecule has 0 spiro atoms. The van der Waals surface area contributed by atoms with Gasteiger partial charge in [-0.25, -0.2) is 0 Å². The van der Waals surface area contributed by atoms with Crippen molar-refractivity contribution in [3.63, 3.8) is 0 Å². The van der Waals surface area contributed by atoms with Gasteiger partial charge in [0.2, 0.25) is 0 Å². The van der Waals surface area contributed by atoms with Gasteiger partial charge in [-0.2, -0.15) is 5.26 Å². The fraction of sp³-hybridized carbons (Fsp3) is 0.562. The van der Waals surface area contributed by atoms with E-state index in [2.05, 4.69) is 60.7 Å². The van der Waals surface area contributed by atoms with Gasteiger partial charge in [0.05, 0.1) is 11.6 Å². The first-order chi connectivity index (χ1) is 9.01. The van der Waals surface area contributed by atoms with Crippen LogP contribution in [0.25, 0.3) is 0 Å². The Morgan fingerprint density at radius 1 is 1.21 bits per heavy atom. The van der Waals surface area contributed by atoms with E-state index in [4.69, 9.17) is 5.26 Å². The summed E-state index contributed by atoms with van der Waals surface area (Å²) >= 11 is 3.50. The first-order valence-electron chi connectivity index (χ1n) is 6.99. The second-order valence-corrected chi connectivity index (χ2v) is 6.24. The molecule has 2 nitrogen and oxygen atoms in total. The lowest BCUT2D eigenvalue weighted by Crippen LogP contribution is -2.37. The van der Waals surface area contributed by atoms with E-state index in [9.17, 15) is 0 Å². The van der Waals surface area contributed by atoms with Crippen LogP contribution in [0.1, 0.15) is 46.1 Å². The summed E-state index contributed by atoms with van der Waals surface area (Å²) in [5.41, 5.74) is 1.86. The smallest absolute Gasteiger partial charge is 0.0992 e. The molecule has 0 atom stereocenters. The number of hydrogen-bond acceptors (Lipinski definition) is 2. The number of benzene rings is 1. The second-order valence-electron chi connectivity index (χ2n) is 5.33. The number of rotatable bonds is 6. The van der Waals surface area contributed by atoms with Gasteiger partial charge >= 0.3 is 0 Å². The molecule has 0 N–H and O–H groups in total. The van der Waals surface area contributed by atoms with Crippen LogP contribution >= 0.6 is 15.9 Å². The Labute approximate surface area is 125 Å². The second kappa shape index (κ2) is 7.55. The minimum absolute atomic E-state index is 0.531. The minimum Gasteiger partial charge on any atom is -0.368 e. The Hall–Kier alpha value is -1.01. The maximum atomic E-state index is 9.11. The highest BCUT2D eigenvalue weighted by Gasteiger charge is 2.17. The van der Waals surface area contributed by atoms with Crippen LogP contribution in [0.2, 0.25) is 0 Å². The van der Waals surface area contributed by atoms with E-state index in [0.717, 1.165) is 29.5 Å². The highest BCUT2D eigenvalue weighted by molar-refractivity contribution is 9.10. The number of anilines is 1. The van der Waals surface area contributed by atoms with E-state index in [1.54, 1.807) is 0 Å². The molecule has 3 heteroatoms. The van der Waals surface area contributed by atoms with Crippen LogP contribution in [0.5, 0.6) is 0 Å². The molecule has 104 valence electrons. The molecule has 0 radical (unpaired) electrons. The van der Waals surface area contributed by atoms with Crippen LogP contribution < -0.4 is 4.90 Å². The van der Waals surface area contributed by atoms with E-state index in [0.29, 0.717) is 17.5 Å². The Morgan fingerprint density at radius 2 is 1.84 bits per heavy atom. The molecule has 1 rings (SSSR count). The van der Waals surface area contributed by atoms with Crippen molar-refractivity contribution in [2.24, 2.45) is 5.92 Å². The highest BCUT2D eigenvalue weighted by Crippen LogP contribution is 2.27. The largest absolute Gasteiger partial charge is 0.368 e. The molecule has 1 aromatic rings. The molecule has 0 saturated heterocycles. The topological polar surface area (TPSA) is 27.0 Å². The van der Waals surface area contributed by atoms with Gasteiger partial charge in [-0.3, -0.25) is 0 Å². The molecule has 0 heterocycles. The molecule has 0 aromatic heterocycles. The third-order valence-corrected chi connectivity index (χ3v) is 3.75. The molecule has 0 aliphatic carbocycles. The van der Waals surface area contributed by atoms with E-state index in [-0.39, 0.29) is 0 Å². The molecule has 0 amide bonds. The lowest BCUT2D eigenvalue weighted by atomic mass is 10.1. The molecule has 0 bridgehead atoms. The van der Waals surface area contributed by atoms with Gasteiger partial charge in [-0.15, -0.1) is 0 Å². The van der Waals surface area contributed by atoms with Gasteiger partial charge in [0, 0.05) is 22.7 Å². The molecule has 0 fully saturated rings. The Balaban J connectivity index is 3.16. The summed E-state index contributed by atoms with van der Waals surface area (Å²) in [6, 6.07) is 8.73. The van der Waals surface area contributed by atoms with Crippen LogP contribution in [0.15, 0.2) is 22.7 Å². The molecule has 0 aliphatic heterocycles. The average molecular weight is 323 g/mol. The molecule has 0 saturated carbocycles. The van der Waals surface area contributed by atoms with Crippen molar-refractivity contribution in [3.8, 4) is 6.07 Å². The Kier molecular flexibility index (Phi) is 6.37. The van der Waals surface area contributed by atoms with Crippen LogP contribution in [-0.2, 0) is 0 Å². The first-order valence-corrected chi connectivity index (χ1v) is 7.78. The van der Waals surface area contributed by atoms with Gasteiger partial charge in [-0.1, -0.05) is 43.6 Å². The normalized spacial score (nSPS) is 10.8. The van der Waals surface area contributed by atoms with E-state index in [1.807, 2.05) is 12.1 Å². The highest BCUT2D eigenvalue weighted by atomic mass is 79.9. The summed E-state index contributed by atoms with van der Waals surface area (Å²) in [6.45, 7) is 9.94. The minimum atomic E-state index is 0.531. The van der Waals surface area contributed by atoms with Crippen LogP contribution in [0, 0.1) is 17.2 Å². The zero-order valence-electron chi connectivity index (χ0n) is 12.3. The number of hydrogen-bond donors (Lipinski definition) is 0. The first kappa shape index (κ1) is 16.0. The summed E-state index contributed by atoms with van der Waals surface area (Å²) < 4.78 is 0.973. The average Bonchev–Trinajstić information content (AvgIpc) is 2.37. The lowest BCUT2D eigenvalue weighted by molar-refractivity contribution is 0.507. The van der Waals surface area contributed by atoms with Crippen molar-refractivity contribution in [2.75, 3.05) is 11.4 Å². The van der Waals surface area contributed by atoms with Crippen molar-refractivity contribution >= 4 is 21.6 Å². The third kappa shape index (κ3) is 4.54. The zero-order chi connectivity index (χ0) is 14.4. The maximum absolute atomic E-state index is 9.11. The zero-order valence-corrected chi connectivity index (χ0v) is 13.9. The standard InChI is InChI=1S/C16H23BrN2/c1-5-15(6-2)19(11-12(3)4)16-8-13(10-18)7-14(17)9-16/h7-9,12,15H,5-6,11H2,1-4H3. The lowest BCUT2D eigenvalue weighted by Gasteiger charge is -2.34. The van der Waals surface area contributed by atoms with Gasteiger partial charge in [-0.05, 0) is 37.0 Å². The van der Waals surface area contributed by atoms with Gasteiger partial charge in [0.25, 0.3) is 0 Å². The molecular weight excluding hydrogens is 300 g/mol. The number of nitrogens with zero attached hydrogens (tertiary/aromatic N) is 2. The quantitative estimate of drug-likeness (QED) is 0.739. The fourth-order valence-electron chi connectivity index (χ4n) is 2.39. The van der Waals surface area contributed by atoms with E-state index in [1.165, 1.54) is 0 Å². The summed E-state index contributed by atoms with van der Waals surface area (Å²) in [5.74, 6) is 0.602. The summed E-state index contributed by atoms with van der Waals surface area (Å²) in [6.07, 6.45) is 2.25. The van der Waals surface area contributed by atoms with Gasteiger partial charge in [0.1, 0.15) is 0 Å². The van der Waals surface area contributed by atoms with E-state index < -0.39 is 0 Å². The Bertz CT molecular complexity index is 445. The maximum Gasteiger partial charge on any atom is 0.0992 e. The number of nitriles is 1. The third-order valence-electron chi connectivity index (χ3n) is 3.29. The van der Waals surface area contributed by atoms with Crippen molar-refractivity contribution < 1.29 is 0 Å². The van der Waals surface area contributed by atoms with Crippen LogP contribution in [0.4, 0.5) is 5.69 Å². The SMILES string of the molecule is CCC(CC)N(CC(C)C)c1cc(Br)cc(C#N)c1. The van der Waals surface area contributed by atoms with Crippen molar-refractivity contribution in [3.05, 3.63) is 28.2 Å².